The second-order valence-electron chi connectivity index (χ2n) is 3.65. The van der Waals surface area contributed by atoms with Crippen molar-refractivity contribution in [2.24, 2.45) is 0 Å². The molecule has 0 fully saturated rings. The number of nitrogens with one attached hydrogen (secondary N) is 1. The first-order valence-corrected chi connectivity index (χ1v) is 4.99. The Morgan fingerprint density at radius 1 is 1.35 bits per heavy atom. The van der Waals surface area contributed by atoms with Gasteiger partial charge in [-0.25, -0.2) is 9.78 Å². The predicted molar refractivity (Wildman–Crippen MR) is 57.2 cm³/mol. The van der Waals surface area contributed by atoms with Crippen LogP contribution in [0.2, 0.25) is 0 Å². The molecule has 4 rings (SSSR count). The van der Waals surface area contributed by atoms with Crippen LogP contribution in [0.4, 0.5) is 0 Å². The SMILES string of the molecule is O=c1[nH]c2ccc3c(c2c2ncnn12)OCO3. The van der Waals surface area contributed by atoms with E-state index in [0.29, 0.717) is 28.0 Å². The number of rotatable bonds is 0. The number of aromatic amines is 1. The Kier molecular flexibility index (Phi) is 1.39. The Hall–Kier alpha value is -2.57. The van der Waals surface area contributed by atoms with Crippen LogP contribution in [-0.2, 0) is 0 Å². The standard InChI is InChI=1S/C10H6N4O3/c15-10-13-5-1-2-6-8(17-4-16-6)7(5)9-11-3-12-14(9)10/h1-3H,4H2,(H,13,15). The van der Waals surface area contributed by atoms with Crippen LogP contribution in [0.3, 0.4) is 0 Å². The van der Waals surface area contributed by atoms with E-state index in [-0.39, 0.29) is 12.5 Å². The summed E-state index contributed by atoms with van der Waals surface area (Å²) in [5, 5.41) is 4.56. The quantitative estimate of drug-likeness (QED) is 0.600. The topological polar surface area (TPSA) is 81.5 Å². The summed E-state index contributed by atoms with van der Waals surface area (Å²) >= 11 is 0. The molecule has 0 atom stereocenters. The molecule has 0 aliphatic carbocycles. The van der Waals surface area contributed by atoms with E-state index >= 15 is 0 Å². The van der Waals surface area contributed by atoms with Gasteiger partial charge in [-0.15, -0.1) is 0 Å². The summed E-state index contributed by atoms with van der Waals surface area (Å²) in [6, 6.07) is 3.52. The first kappa shape index (κ1) is 8.57. The third-order valence-electron chi connectivity index (χ3n) is 2.74. The monoisotopic (exact) mass is 230 g/mol. The fourth-order valence-corrected chi connectivity index (χ4v) is 2.03. The molecule has 1 aliphatic heterocycles. The minimum Gasteiger partial charge on any atom is -0.454 e. The number of hydrogen-bond acceptors (Lipinski definition) is 5. The number of aromatic nitrogens is 4. The Morgan fingerprint density at radius 3 is 3.24 bits per heavy atom. The van der Waals surface area contributed by atoms with Gasteiger partial charge in [0.15, 0.2) is 17.1 Å². The highest BCUT2D eigenvalue weighted by Gasteiger charge is 2.20. The van der Waals surface area contributed by atoms with Gasteiger partial charge >= 0.3 is 5.69 Å². The highest BCUT2D eigenvalue weighted by Crippen LogP contribution is 2.39. The summed E-state index contributed by atoms with van der Waals surface area (Å²) in [7, 11) is 0. The van der Waals surface area contributed by atoms with Crippen molar-refractivity contribution in [2.75, 3.05) is 6.79 Å². The number of H-pyrrole nitrogens is 1. The maximum Gasteiger partial charge on any atom is 0.348 e. The van der Waals surface area contributed by atoms with Crippen LogP contribution in [0.1, 0.15) is 0 Å². The summed E-state index contributed by atoms with van der Waals surface area (Å²) < 4.78 is 11.9. The molecule has 0 saturated carbocycles. The predicted octanol–water partition coefficient (Wildman–Crippen LogP) is 0.299. The lowest BCUT2D eigenvalue weighted by Gasteiger charge is -2.02. The van der Waals surface area contributed by atoms with E-state index in [9.17, 15) is 4.79 Å². The number of fused-ring (bicyclic) bond motifs is 5. The highest BCUT2D eigenvalue weighted by atomic mass is 16.7. The van der Waals surface area contributed by atoms with E-state index < -0.39 is 0 Å². The molecule has 1 aromatic carbocycles. The molecule has 3 aromatic rings. The zero-order valence-electron chi connectivity index (χ0n) is 8.51. The van der Waals surface area contributed by atoms with Gasteiger partial charge in [0.2, 0.25) is 6.79 Å². The van der Waals surface area contributed by atoms with Gasteiger partial charge in [-0.1, -0.05) is 0 Å². The summed E-state index contributed by atoms with van der Waals surface area (Å²) in [6.45, 7) is 0.174. The van der Waals surface area contributed by atoms with Gasteiger partial charge in [-0.3, -0.25) is 0 Å². The van der Waals surface area contributed by atoms with Gasteiger partial charge in [0, 0.05) is 0 Å². The number of nitrogens with zero attached hydrogens (tertiary/aromatic N) is 3. The van der Waals surface area contributed by atoms with Gasteiger partial charge in [-0.05, 0) is 12.1 Å². The molecule has 2 aromatic heterocycles. The second kappa shape index (κ2) is 2.76. The van der Waals surface area contributed by atoms with Crippen molar-refractivity contribution in [3.63, 3.8) is 0 Å². The zero-order valence-corrected chi connectivity index (χ0v) is 8.51. The molecule has 17 heavy (non-hydrogen) atoms. The first-order valence-electron chi connectivity index (χ1n) is 4.99. The summed E-state index contributed by atoms with van der Waals surface area (Å²) in [5.41, 5.74) is 0.787. The zero-order chi connectivity index (χ0) is 11.4. The van der Waals surface area contributed by atoms with E-state index in [4.69, 9.17) is 9.47 Å². The Labute approximate surface area is 93.6 Å². The van der Waals surface area contributed by atoms with Crippen molar-refractivity contribution in [3.8, 4) is 11.5 Å². The minimum atomic E-state index is -0.330. The van der Waals surface area contributed by atoms with Crippen molar-refractivity contribution in [2.45, 2.75) is 0 Å². The molecule has 0 bridgehead atoms. The van der Waals surface area contributed by atoms with Crippen LogP contribution in [0.5, 0.6) is 11.5 Å². The van der Waals surface area contributed by atoms with Gasteiger partial charge in [0.1, 0.15) is 6.33 Å². The van der Waals surface area contributed by atoms with Crippen molar-refractivity contribution in [3.05, 3.63) is 28.9 Å². The van der Waals surface area contributed by atoms with Crippen LogP contribution >= 0.6 is 0 Å². The number of hydrogen-bond donors (Lipinski definition) is 1. The number of ether oxygens (including phenoxy) is 2. The van der Waals surface area contributed by atoms with Crippen LogP contribution in [0.25, 0.3) is 16.6 Å². The Balaban J connectivity index is 2.34. The average Bonchev–Trinajstić information content (AvgIpc) is 2.96. The largest absolute Gasteiger partial charge is 0.454 e. The maximum atomic E-state index is 11.7. The molecule has 0 radical (unpaired) electrons. The maximum absolute atomic E-state index is 11.7. The molecule has 0 unspecified atom stereocenters. The molecular weight excluding hydrogens is 224 g/mol. The molecule has 1 N–H and O–H groups in total. The lowest BCUT2D eigenvalue weighted by molar-refractivity contribution is 0.175. The van der Waals surface area contributed by atoms with Gasteiger partial charge < -0.3 is 14.5 Å². The molecule has 7 nitrogen and oxygen atoms in total. The average molecular weight is 230 g/mol. The van der Waals surface area contributed by atoms with E-state index in [1.807, 2.05) is 0 Å². The molecule has 7 heteroatoms. The summed E-state index contributed by atoms with van der Waals surface area (Å²) in [6.07, 6.45) is 1.33. The molecule has 3 heterocycles. The molecule has 1 aliphatic rings. The fraction of sp³-hybridized carbons (Fsp3) is 0.100. The van der Waals surface area contributed by atoms with E-state index in [1.54, 1.807) is 12.1 Å². The van der Waals surface area contributed by atoms with E-state index in [0.717, 1.165) is 0 Å². The third kappa shape index (κ3) is 0.975. The second-order valence-corrected chi connectivity index (χ2v) is 3.65. The number of benzene rings is 1. The van der Waals surface area contributed by atoms with Crippen molar-refractivity contribution in [1.82, 2.24) is 19.6 Å². The molecular formula is C10H6N4O3. The minimum absolute atomic E-state index is 0.174. The third-order valence-corrected chi connectivity index (χ3v) is 2.74. The van der Waals surface area contributed by atoms with Crippen LogP contribution in [-0.4, -0.2) is 26.4 Å². The first-order chi connectivity index (χ1) is 8.34. The normalized spacial score (nSPS) is 13.6. The van der Waals surface area contributed by atoms with Crippen molar-refractivity contribution < 1.29 is 9.47 Å². The van der Waals surface area contributed by atoms with Gasteiger partial charge in [0.05, 0.1) is 10.9 Å². The van der Waals surface area contributed by atoms with Gasteiger partial charge in [0.25, 0.3) is 0 Å². The molecule has 0 saturated heterocycles. The molecule has 0 spiro atoms. The van der Waals surface area contributed by atoms with E-state index in [1.165, 1.54) is 10.8 Å². The van der Waals surface area contributed by atoms with Crippen LogP contribution < -0.4 is 15.2 Å². The Bertz CT molecular complexity index is 804. The Morgan fingerprint density at radius 2 is 2.29 bits per heavy atom. The van der Waals surface area contributed by atoms with Crippen molar-refractivity contribution in [1.29, 1.82) is 0 Å². The van der Waals surface area contributed by atoms with E-state index in [2.05, 4.69) is 15.1 Å². The molecule has 84 valence electrons. The van der Waals surface area contributed by atoms with Crippen LogP contribution in [0.15, 0.2) is 23.3 Å². The highest BCUT2D eigenvalue weighted by molar-refractivity contribution is 5.98. The lowest BCUT2D eigenvalue weighted by atomic mass is 10.2. The summed E-state index contributed by atoms with van der Waals surface area (Å²) in [5.74, 6) is 1.24. The van der Waals surface area contributed by atoms with Crippen molar-refractivity contribution >= 4 is 16.6 Å². The van der Waals surface area contributed by atoms with Gasteiger partial charge in [-0.2, -0.15) is 9.61 Å². The summed E-state index contributed by atoms with van der Waals surface area (Å²) in [4.78, 5) is 18.5. The lowest BCUT2D eigenvalue weighted by Crippen LogP contribution is -2.17. The fourth-order valence-electron chi connectivity index (χ4n) is 2.03. The molecule has 0 amide bonds. The smallest absolute Gasteiger partial charge is 0.348 e. The van der Waals surface area contributed by atoms with Crippen LogP contribution in [0, 0.1) is 0 Å².